The largest absolute Gasteiger partial charge is 0.348 e. The average Bonchev–Trinajstić information content (AvgIpc) is 3.09. The molecule has 0 bridgehead atoms. The highest BCUT2D eigenvalue weighted by molar-refractivity contribution is 6.32. The van der Waals surface area contributed by atoms with Crippen molar-refractivity contribution in [3.8, 4) is 16.9 Å². The van der Waals surface area contributed by atoms with Crippen molar-refractivity contribution in [2.45, 2.75) is 40.7 Å². The van der Waals surface area contributed by atoms with Gasteiger partial charge in [-0.05, 0) is 62.1 Å². The van der Waals surface area contributed by atoms with Crippen LogP contribution >= 0.6 is 11.6 Å². The van der Waals surface area contributed by atoms with Gasteiger partial charge in [-0.2, -0.15) is 5.10 Å². The average molecular weight is 396 g/mol. The summed E-state index contributed by atoms with van der Waals surface area (Å²) in [6.07, 6.45) is 0. The zero-order valence-electron chi connectivity index (χ0n) is 17.0. The quantitative estimate of drug-likeness (QED) is 0.612. The van der Waals surface area contributed by atoms with Gasteiger partial charge in [0.05, 0.1) is 16.4 Å². The number of para-hydroxylation sites is 1. The van der Waals surface area contributed by atoms with Gasteiger partial charge in [-0.15, -0.1) is 0 Å². The van der Waals surface area contributed by atoms with Gasteiger partial charge in [0.1, 0.15) is 5.69 Å². The summed E-state index contributed by atoms with van der Waals surface area (Å²) in [5, 5.41) is 8.34. The molecule has 0 radical (unpaired) electrons. The maximum atomic E-state index is 13.0. The third-order valence-corrected chi connectivity index (χ3v) is 5.50. The molecule has 3 aromatic rings. The van der Waals surface area contributed by atoms with E-state index in [1.54, 1.807) is 10.7 Å². The highest BCUT2D eigenvalue weighted by Crippen LogP contribution is 2.27. The molecule has 0 saturated carbocycles. The molecule has 1 atom stereocenters. The summed E-state index contributed by atoms with van der Waals surface area (Å²) in [5.74, 6) is 0.170. The van der Waals surface area contributed by atoms with Crippen LogP contribution in [-0.4, -0.2) is 21.7 Å². The Kier molecular flexibility index (Phi) is 5.90. The van der Waals surface area contributed by atoms with E-state index in [1.165, 1.54) is 11.1 Å². The monoisotopic (exact) mass is 395 g/mol. The molecule has 1 heterocycles. The lowest BCUT2D eigenvalue weighted by Gasteiger charge is -2.17. The van der Waals surface area contributed by atoms with Gasteiger partial charge < -0.3 is 5.32 Å². The molecule has 4 nitrogen and oxygen atoms in total. The van der Waals surface area contributed by atoms with Gasteiger partial charge in [0.15, 0.2) is 0 Å². The molecule has 1 amide bonds. The Bertz CT molecular complexity index is 1010. The molecule has 0 aliphatic carbocycles. The van der Waals surface area contributed by atoms with Crippen LogP contribution in [0.1, 0.15) is 42.4 Å². The number of carbonyl (C=O) groups is 1. The molecule has 0 spiro atoms. The minimum atomic E-state index is -0.163. The molecule has 0 aliphatic heterocycles. The number of hydrogen-bond acceptors (Lipinski definition) is 2. The molecule has 0 fully saturated rings. The number of carbonyl (C=O) groups excluding carboxylic acids is 1. The van der Waals surface area contributed by atoms with Gasteiger partial charge in [-0.1, -0.05) is 49.7 Å². The highest BCUT2D eigenvalue weighted by Gasteiger charge is 2.21. The Morgan fingerprint density at radius 1 is 1.04 bits per heavy atom. The number of aromatic nitrogens is 2. The lowest BCUT2D eigenvalue weighted by Crippen LogP contribution is -2.37. The van der Waals surface area contributed by atoms with E-state index in [9.17, 15) is 4.79 Å². The molecule has 1 unspecified atom stereocenters. The molecule has 1 aromatic heterocycles. The minimum Gasteiger partial charge on any atom is -0.348 e. The third kappa shape index (κ3) is 4.12. The van der Waals surface area contributed by atoms with Gasteiger partial charge in [0.25, 0.3) is 5.91 Å². The maximum Gasteiger partial charge on any atom is 0.270 e. The fourth-order valence-electron chi connectivity index (χ4n) is 2.84. The van der Waals surface area contributed by atoms with Crippen LogP contribution in [-0.2, 0) is 0 Å². The van der Waals surface area contributed by atoms with Crippen LogP contribution in [0.15, 0.2) is 48.5 Å². The number of rotatable bonds is 5. The van der Waals surface area contributed by atoms with Gasteiger partial charge in [-0.3, -0.25) is 4.79 Å². The van der Waals surface area contributed by atoms with Crippen molar-refractivity contribution < 1.29 is 4.79 Å². The molecular weight excluding hydrogens is 370 g/mol. The summed E-state index contributed by atoms with van der Waals surface area (Å²) in [6.45, 7) is 10.3. The maximum absolute atomic E-state index is 13.0. The Morgan fingerprint density at radius 2 is 1.75 bits per heavy atom. The molecular formula is C23H26ClN3O. The Morgan fingerprint density at radius 3 is 2.39 bits per heavy atom. The van der Waals surface area contributed by atoms with E-state index >= 15 is 0 Å². The number of hydrogen-bond donors (Lipinski definition) is 1. The van der Waals surface area contributed by atoms with Crippen LogP contribution in [0.3, 0.4) is 0 Å². The third-order valence-electron chi connectivity index (χ3n) is 5.18. The van der Waals surface area contributed by atoms with Crippen LogP contribution in [0.2, 0.25) is 5.02 Å². The van der Waals surface area contributed by atoms with E-state index in [0.717, 1.165) is 11.3 Å². The number of halogens is 1. The van der Waals surface area contributed by atoms with Crippen LogP contribution in [0.25, 0.3) is 16.9 Å². The Balaban J connectivity index is 2.11. The summed E-state index contributed by atoms with van der Waals surface area (Å²) in [5.41, 5.74) is 5.27. The van der Waals surface area contributed by atoms with E-state index in [-0.39, 0.29) is 11.9 Å². The zero-order chi connectivity index (χ0) is 20.4. The number of aryl methyl sites for hydroxylation is 2. The first-order valence-corrected chi connectivity index (χ1v) is 9.89. The molecule has 28 heavy (non-hydrogen) atoms. The van der Waals surface area contributed by atoms with Gasteiger partial charge in [0.2, 0.25) is 0 Å². The van der Waals surface area contributed by atoms with Crippen molar-refractivity contribution in [1.29, 1.82) is 0 Å². The molecule has 1 N–H and O–H groups in total. The zero-order valence-corrected chi connectivity index (χ0v) is 17.7. The first-order chi connectivity index (χ1) is 13.3. The van der Waals surface area contributed by atoms with Crippen LogP contribution in [0.5, 0.6) is 0 Å². The summed E-state index contributed by atoms with van der Waals surface area (Å²) >= 11 is 6.40. The highest BCUT2D eigenvalue weighted by atomic mass is 35.5. The second-order valence-corrected chi connectivity index (χ2v) is 7.99. The minimum absolute atomic E-state index is 0.0483. The standard InChI is InChI=1S/C23H26ClN3O/c1-14(2)17(5)25-23(28)22-13-20(18-11-10-15(3)16(4)12-18)26-27(22)21-9-7-6-8-19(21)24/h6-14,17H,1-5H3,(H,25,28). The van der Waals surface area contributed by atoms with Crippen molar-refractivity contribution in [3.63, 3.8) is 0 Å². The normalized spacial score (nSPS) is 12.2. The second-order valence-electron chi connectivity index (χ2n) is 7.58. The smallest absolute Gasteiger partial charge is 0.270 e. The van der Waals surface area contributed by atoms with Crippen molar-refractivity contribution in [2.24, 2.45) is 5.92 Å². The lowest BCUT2D eigenvalue weighted by atomic mass is 10.0. The molecule has 146 valence electrons. The second kappa shape index (κ2) is 8.19. The number of benzene rings is 2. The van der Waals surface area contributed by atoms with Gasteiger partial charge in [-0.25, -0.2) is 4.68 Å². The van der Waals surface area contributed by atoms with E-state index in [1.807, 2.05) is 37.3 Å². The Labute approximate surface area is 171 Å². The molecule has 0 aliphatic rings. The molecule has 2 aromatic carbocycles. The van der Waals surface area contributed by atoms with Crippen LogP contribution < -0.4 is 5.32 Å². The van der Waals surface area contributed by atoms with Crippen LogP contribution in [0.4, 0.5) is 0 Å². The predicted octanol–water partition coefficient (Wildman–Crippen LogP) is 5.58. The first-order valence-electron chi connectivity index (χ1n) is 9.51. The van der Waals surface area contributed by atoms with Crippen molar-refractivity contribution >= 4 is 17.5 Å². The van der Waals surface area contributed by atoms with Crippen LogP contribution in [0, 0.1) is 19.8 Å². The van der Waals surface area contributed by atoms with E-state index in [0.29, 0.717) is 22.3 Å². The Hall–Kier alpha value is -2.59. The fourth-order valence-corrected chi connectivity index (χ4v) is 3.05. The van der Waals surface area contributed by atoms with E-state index in [4.69, 9.17) is 16.7 Å². The summed E-state index contributed by atoms with van der Waals surface area (Å²) in [6, 6.07) is 15.5. The fraction of sp³-hybridized carbons (Fsp3) is 0.304. The molecule has 0 saturated heterocycles. The van der Waals surface area contributed by atoms with Gasteiger partial charge >= 0.3 is 0 Å². The summed E-state index contributed by atoms with van der Waals surface area (Å²) < 4.78 is 1.63. The predicted molar refractivity (Wildman–Crippen MR) is 115 cm³/mol. The summed E-state index contributed by atoms with van der Waals surface area (Å²) in [7, 11) is 0. The number of nitrogens with zero attached hydrogens (tertiary/aromatic N) is 2. The van der Waals surface area contributed by atoms with Crippen molar-refractivity contribution in [1.82, 2.24) is 15.1 Å². The summed E-state index contributed by atoms with van der Waals surface area (Å²) in [4.78, 5) is 13.0. The molecule has 5 heteroatoms. The number of amides is 1. The molecule has 3 rings (SSSR count). The van der Waals surface area contributed by atoms with Crippen molar-refractivity contribution in [3.05, 3.63) is 70.4 Å². The van der Waals surface area contributed by atoms with Crippen molar-refractivity contribution in [2.75, 3.05) is 0 Å². The topological polar surface area (TPSA) is 46.9 Å². The van der Waals surface area contributed by atoms with E-state index < -0.39 is 0 Å². The first kappa shape index (κ1) is 20.2. The lowest BCUT2D eigenvalue weighted by molar-refractivity contribution is 0.0922. The number of nitrogens with one attached hydrogen (secondary N) is 1. The van der Waals surface area contributed by atoms with Gasteiger partial charge in [0, 0.05) is 11.6 Å². The van der Waals surface area contributed by atoms with E-state index in [2.05, 4.69) is 45.1 Å². The SMILES string of the molecule is Cc1ccc(-c2cc(C(=O)NC(C)C(C)C)n(-c3ccccc3Cl)n2)cc1C.